The van der Waals surface area contributed by atoms with E-state index in [1.807, 2.05) is 6.07 Å². The summed E-state index contributed by atoms with van der Waals surface area (Å²) in [6.07, 6.45) is 3.64. The molecule has 0 saturated heterocycles. The maximum atomic E-state index is 4.39. The lowest BCUT2D eigenvalue weighted by atomic mass is 10.0. The second kappa shape index (κ2) is 7.78. The average molecular weight is 298 g/mol. The van der Waals surface area contributed by atoms with Gasteiger partial charge >= 0.3 is 0 Å². The molecule has 2 rings (SSSR count). The molecule has 4 nitrogen and oxygen atoms in total. The summed E-state index contributed by atoms with van der Waals surface area (Å²) in [4.78, 5) is 11.0. The van der Waals surface area contributed by atoms with Crippen molar-refractivity contribution in [2.75, 3.05) is 23.3 Å². The minimum absolute atomic E-state index is 0.854. The number of aromatic nitrogens is 2. The van der Waals surface area contributed by atoms with Crippen molar-refractivity contribution in [3.8, 4) is 0 Å². The van der Waals surface area contributed by atoms with E-state index in [0.717, 1.165) is 37.6 Å². The van der Waals surface area contributed by atoms with Crippen LogP contribution >= 0.6 is 0 Å². The maximum absolute atomic E-state index is 4.39. The summed E-state index contributed by atoms with van der Waals surface area (Å²) in [6.45, 7) is 10.5. The highest BCUT2D eigenvalue weighted by atomic mass is 15.2. The Morgan fingerprint density at radius 3 is 2.14 bits per heavy atom. The van der Waals surface area contributed by atoms with Gasteiger partial charge in [0.25, 0.3) is 0 Å². The minimum Gasteiger partial charge on any atom is -0.357 e. The van der Waals surface area contributed by atoms with Crippen molar-refractivity contribution in [2.24, 2.45) is 0 Å². The third-order valence-electron chi connectivity index (χ3n) is 3.99. The first-order valence-electron chi connectivity index (χ1n) is 8.18. The van der Waals surface area contributed by atoms with Crippen molar-refractivity contribution in [1.29, 1.82) is 0 Å². The summed E-state index contributed by atoms with van der Waals surface area (Å²) in [5.41, 5.74) is 3.83. The summed E-state index contributed by atoms with van der Waals surface area (Å²) < 4.78 is 0. The second-order valence-corrected chi connectivity index (χ2v) is 5.22. The summed E-state index contributed by atoms with van der Waals surface area (Å²) in [5, 5.41) is 3.51. The Morgan fingerprint density at radius 1 is 0.955 bits per heavy atom. The van der Waals surface area contributed by atoms with E-state index >= 15 is 0 Å². The number of rotatable bonds is 7. The van der Waals surface area contributed by atoms with Crippen LogP contribution in [-0.2, 0) is 12.8 Å². The molecule has 0 radical (unpaired) electrons. The van der Waals surface area contributed by atoms with Gasteiger partial charge in [0, 0.05) is 24.8 Å². The van der Waals surface area contributed by atoms with Gasteiger partial charge in [-0.1, -0.05) is 32.0 Å². The van der Waals surface area contributed by atoms with Gasteiger partial charge in [0.1, 0.15) is 18.0 Å². The standard InChI is InChI=1S/C18H26N4/c1-5-14-10-9-11-15(6-2)18(14)21-16-12-17(20-13-19-16)22(7-3)8-4/h9-13H,5-8H2,1-4H3,(H,19,20,21). The molecule has 0 aliphatic carbocycles. The monoisotopic (exact) mass is 298 g/mol. The van der Waals surface area contributed by atoms with Crippen LogP contribution in [0, 0.1) is 0 Å². The Morgan fingerprint density at radius 2 is 1.59 bits per heavy atom. The van der Waals surface area contributed by atoms with Crippen molar-refractivity contribution in [3.05, 3.63) is 41.7 Å². The van der Waals surface area contributed by atoms with Crippen LogP contribution in [0.4, 0.5) is 17.3 Å². The molecule has 1 aromatic heterocycles. The fourth-order valence-electron chi connectivity index (χ4n) is 2.67. The van der Waals surface area contributed by atoms with Crippen LogP contribution in [0.3, 0.4) is 0 Å². The Balaban J connectivity index is 2.33. The first kappa shape index (κ1) is 16.3. The Kier molecular flexibility index (Phi) is 5.75. The molecule has 0 fully saturated rings. The molecule has 1 aromatic carbocycles. The van der Waals surface area contributed by atoms with E-state index in [1.54, 1.807) is 6.33 Å². The second-order valence-electron chi connectivity index (χ2n) is 5.22. The van der Waals surface area contributed by atoms with E-state index in [-0.39, 0.29) is 0 Å². The van der Waals surface area contributed by atoms with Gasteiger partial charge in [0.15, 0.2) is 0 Å². The van der Waals surface area contributed by atoms with E-state index < -0.39 is 0 Å². The number of aryl methyl sites for hydroxylation is 2. The number of hydrogen-bond donors (Lipinski definition) is 1. The van der Waals surface area contributed by atoms with Gasteiger partial charge in [-0.15, -0.1) is 0 Å². The summed E-state index contributed by atoms with van der Waals surface area (Å²) in [5.74, 6) is 1.82. The summed E-state index contributed by atoms with van der Waals surface area (Å²) >= 11 is 0. The fourth-order valence-corrected chi connectivity index (χ4v) is 2.67. The topological polar surface area (TPSA) is 41.0 Å². The summed E-state index contributed by atoms with van der Waals surface area (Å²) in [7, 11) is 0. The van der Waals surface area contributed by atoms with Gasteiger partial charge < -0.3 is 10.2 Å². The van der Waals surface area contributed by atoms with Crippen LogP contribution in [-0.4, -0.2) is 23.1 Å². The van der Waals surface area contributed by atoms with E-state index in [4.69, 9.17) is 0 Å². The highest BCUT2D eigenvalue weighted by Gasteiger charge is 2.09. The molecule has 0 aliphatic heterocycles. The predicted molar refractivity (Wildman–Crippen MR) is 94.1 cm³/mol. The van der Waals surface area contributed by atoms with Crippen LogP contribution in [0.15, 0.2) is 30.6 Å². The zero-order valence-corrected chi connectivity index (χ0v) is 14.1. The molecule has 0 amide bonds. The molecule has 1 N–H and O–H groups in total. The van der Waals surface area contributed by atoms with Crippen LogP contribution < -0.4 is 10.2 Å². The molecule has 0 spiro atoms. The number of para-hydroxylation sites is 1. The van der Waals surface area contributed by atoms with Crippen molar-refractivity contribution in [1.82, 2.24) is 9.97 Å². The fraction of sp³-hybridized carbons (Fsp3) is 0.444. The quantitative estimate of drug-likeness (QED) is 0.832. The number of benzene rings is 1. The van der Waals surface area contributed by atoms with Gasteiger partial charge in [0.05, 0.1) is 0 Å². The highest BCUT2D eigenvalue weighted by molar-refractivity contribution is 5.66. The third kappa shape index (κ3) is 3.56. The van der Waals surface area contributed by atoms with Crippen LogP contribution in [0.1, 0.15) is 38.8 Å². The molecule has 0 aliphatic rings. The molecule has 0 saturated carbocycles. The van der Waals surface area contributed by atoms with Crippen LogP contribution in [0.25, 0.3) is 0 Å². The molecule has 2 aromatic rings. The molecule has 0 atom stereocenters. The number of anilines is 3. The molecule has 0 unspecified atom stereocenters. The Bertz CT molecular complexity index is 584. The van der Waals surface area contributed by atoms with E-state index in [0.29, 0.717) is 0 Å². The molecule has 0 bridgehead atoms. The lowest BCUT2D eigenvalue weighted by Crippen LogP contribution is -2.23. The number of nitrogens with one attached hydrogen (secondary N) is 1. The average Bonchev–Trinajstić information content (AvgIpc) is 2.56. The Hall–Kier alpha value is -2.10. The Labute approximate surface area is 133 Å². The van der Waals surface area contributed by atoms with Gasteiger partial charge in [0.2, 0.25) is 0 Å². The first-order valence-corrected chi connectivity index (χ1v) is 8.18. The third-order valence-corrected chi connectivity index (χ3v) is 3.99. The smallest absolute Gasteiger partial charge is 0.135 e. The lowest BCUT2D eigenvalue weighted by molar-refractivity contribution is 0.842. The molecular weight excluding hydrogens is 272 g/mol. The number of hydrogen-bond acceptors (Lipinski definition) is 4. The minimum atomic E-state index is 0.854. The van der Waals surface area contributed by atoms with Crippen LogP contribution in [0.2, 0.25) is 0 Å². The molecule has 4 heteroatoms. The molecule has 1 heterocycles. The zero-order valence-electron chi connectivity index (χ0n) is 14.1. The number of nitrogens with zero attached hydrogens (tertiary/aromatic N) is 3. The van der Waals surface area contributed by atoms with E-state index in [2.05, 4.69) is 66.1 Å². The van der Waals surface area contributed by atoms with Crippen molar-refractivity contribution >= 4 is 17.3 Å². The molecular formula is C18H26N4. The van der Waals surface area contributed by atoms with Crippen LogP contribution in [0.5, 0.6) is 0 Å². The molecule has 118 valence electrons. The van der Waals surface area contributed by atoms with E-state index in [9.17, 15) is 0 Å². The van der Waals surface area contributed by atoms with Gasteiger partial charge in [-0.3, -0.25) is 0 Å². The first-order chi connectivity index (χ1) is 10.7. The highest BCUT2D eigenvalue weighted by Crippen LogP contribution is 2.26. The SMILES string of the molecule is CCc1cccc(CC)c1Nc1cc(N(CC)CC)ncn1. The normalized spacial score (nSPS) is 10.5. The van der Waals surface area contributed by atoms with Gasteiger partial charge in [-0.25, -0.2) is 9.97 Å². The largest absolute Gasteiger partial charge is 0.357 e. The maximum Gasteiger partial charge on any atom is 0.135 e. The van der Waals surface area contributed by atoms with Crippen molar-refractivity contribution < 1.29 is 0 Å². The zero-order chi connectivity index (χ0) is 15.9. The lowest BCUT2D eigenvalue weighted by Gasteiger charge is -2.20. The van der Waals surface area contributed by atoms with E-state index in [1.165, 1.54) is 16.8 Å². The van der Waals surface area contributed by atoms with Crippen molar-refractivity contribution in [3.63, 3.8) is 0 Å². The summed E-state index contributed by atoms with van der Waals surface area (Å²) in [6, 6.07) is 8.50. The van der Waals surface area contributed by atoms with Gasteiger partial charge in [-0.2, -0.15) is 0 Å². The molecule has 22 heavy (non-hydrogen) atoms. The van der Waals surface area contributed by atoms with Crippen molar-refractivity contribution in [2.45, 2.75) is 40.5 Å². The van der Waals surface area contributed by atoms with Gasteiger partial charge in [-0.05, 0) is 37.8 Å². The predicted octanol–water partition coefficient (Wildman–Crippen LogP) is 4.19.